The van der Waals surface area contributed by atoms with Gasteiger partial charge in [-0.3, -0.25) is 4.79 Å². The van der Waals surface area contributed by atoms with Gasteiger partial charge in [-0.2, -0.15) is 0 Å². The summed E-state index contributed by atoms with van der Waals surface area (Å²) in [6.07, 6.45) is 4.87. The summed E-state index contributed by atoms with van der Waals surface area (Å²) in [5.41, 5.74) is 6.99. The van der Waals surface area contributed by atoms with Crippen LogP contribution in [-0.2, 0) is 4.79 Å². The fourth-order valence-electron chi connectivity index (χ4n) is 3.63. The van der Waals surface area contributed by atoms with Crippen molar-refractivity contribution in [2.24, 2.45) is 5.73 Å². The van der Waals surface area contributed by atoms with Gasteiger partial charge >= 0.3 is 0 Å². The van der Waals surface area contributed by atoms with Crippen molar-refractivity contribution in [3.63, 3.8) is 0 Å². The first-order chi connectivity index (χ1) is 10.1. The van der Waals surface area contributed by atoms with Gasteiger partial charge in [0, 0.05) is 19.0 Å². The largest absolute Gasteiger partial charge is 0.497 e. The highest BCUT2D eigenvalue weighted by molar-refractivity contribution is 5.86. The summed E-state index contributed by atoms with van der Waals surface area (Å²) in [6.45, 7) is 1.62. The molecule has 22 heavy (non-hydrogen) atoms. The van der Waals surface area contributed by atoms with Gasteiger partial charge in [-0.15, -0.1) is 12.4 Å². The van der Waals surface area contributed by atoms with Gasteiger partial charge in [0.1, 0.15) is 5.75 Å². The molecule has 4 nitrogen and oxygen atoms in total. The molecule has 1 saturated heterocycles. The van der Waals surface area contributed by atoms with Gasteiger partial charge in [0.25, 0.3) is 0 Å². The first kappa shape index (κ1) is 17.1. The Morgan fingerprint density at radius 1 is 1.27 bits per heavy atom. The third-order valence-corrected chi connectivity index (χ3v) is 4.98. The number of amides is 1. The molecule has 1 unspecified atom stereocenters. The highest BCUT2D eigenvalue weighted by Gasteiger charge is 2.41. The van der Waals surface area contributed by atoms with Crippen LogP contribution in [0.1, 0.15) is 43.6 Å². The molecule has 0 radical (unpaired) electrons. The molecule has 0 bridgehead atoms. The molecule has 122 valence electrons. The summed E-state index contributed by atoms with van der Waals surface area (Å²) >= 11 is 0. The monoisotopic (exact) mass is 324 g/mol. The van der Waals surface area contributed by atoms with Gasteiger partial charge in [0.05, 0.1) is 12.6 Å². The van der Waals surface area contributed by atoms with E-state index in [-0.39, 0.29) is 18.3 Å². The highest BCUT2D eigenvalue weighted by atomic mass is 35.5. The summed E-state index contributed by atoms with van der Waals surface area (Å²) < 4.78 is 5.19. The minimum Gasteiger partial charge on any atom is -0.497 e. The lowest BCUT2D eigenvalue weighted by Crippen LogP contribution is -2.52. The molecule has 3 rings (SSSR count). The maximum atomic E-state index is 12.6. The molecule has 1 heterocycles. The fraction of sp³-hybridized carbons (Fsp3) is 0.588. The van der Waals surface area contributed by atoms with E-state index in [1.54, 1.807) is 7.11 Å². The van der Waals surface area contributed by atoms with Crippen LogP contribution in [0.3, 0.4) is 0 Å². The van der Waals surface area contributed by atoms with E-state index in [2.05, 4.69) is 12.1 Å². The predicted octanol–water partition coefficient (Wildman–Crippen LogP) is 2.70. The summed E-state index contributed by atoms with van der Waals surface area (Å²) in [5, 5.41) is 0. The minimum atomic E-state index is -0.588. The maximum absolute atomic E-state index is 12.6. The van der Waals surface area contributed by atoms with Crippen molar-refractivity contribution in [2.45, 2.75) is 43.6 Å². The standard InChI is InChI=1S/C17H24N2O2.ClH/c1-21-15-6-4-13(5-7-15)14-8-11-19(12-14)16(20)17(18)9-2-3-10-17;/h4-7,14H,2-3,8-12,18H2,1H3;1H. The lowest BCUT2D eigenvalue weighted by molar-refractivity contribution is -0.135. The van der Waals surface area contributed by atoms with E-state index < -0.39 is 5.54 Å². The van der Waals surface area contributed by atoms with Crippen LogP contribution in [-0.4, -0.2) is 36.5 Å². The molecule has 1 aromatic carbocycles. The van der Waals surface area contributed by atoms with Crippen LogP contribution in [0.15, 0.2) is 24.3 Å². The second-order valence-corrected chi connectivity index (χ2v) is 6.37. The summed E-state index contributed by atoms with van der Waals surface area (Å²) in [7, 11) is 1.67. The maximum Gasteiger partial charge on any atom is 0.242 e. The molecule has 1 amide bonds. The molecule has 1 saturated carbocycles. The van der Waals surface area contributed by atoms with Crippen LogP contribution in [0.25, 0.3) is 0 Å². The SMILES string of the molecule is COc1ccc(C2CCN(C(=O)C3(N)CCCC3)C2)cc1.Cl. The van der Waals surface area contributed by atoms with E-state index >= 15 is 0 Å². The average Bonchev–Trinajstić information content (AvgIpc) is 3.16. The van der Waals surface area contributed by atoms with Crippen LogP contribution in [0.4, 0.5) is 0 Å². The molecule has 5 heteroatoms. The molecule has 1 atom stereocenters. The number of hydrogen-bond donors (Lipinski definition) is 1. The Labute approximate surface area is 138 Å². The van der Waals surface area contributed by atoms with Crippen LogP contribution >= 0.6 is 12.4 Å². The Kier molecular flexibility index (Phi) is 5.35. The number of hydrogen-bond acceptors (Lipinski definition) is 3. The van der Waals surface area contributed by atoms with E-state index in [0.29, 0.717) is 5.92 Å². The van der Waals surface area contributed by atoms with Gasteiger partial charge in [0.15, 0.2) is 0 Å². The van der Waals surface area contributed by atoms with E-state index in [9.17, 15) is 4.79 Å². The van der Waals surface area contributed by atoms with Crippen molar-refractivity contribution in [2.75, 3.05) is 20.2 Å². The number of nitrogens with zero attached hydrogens (tertiary/aromatic N) is 1. The third-order valence-electron chi connectivity index (χ3n) is 4.98. The lowest BCUT2D eigenvalue weighted by Gasteiger charge is -2.28. The molecule has 2 aliphatic rings. The summed E-state index contributed by atoms with van der Waals surface area (Å²) in [5.74, 6) is 1.46. The van der Waals surface area contributed by atoms with Crippen molar-refractivity contribution in [3.8, 4) is 5.75 Å². The third kappa shape index (κ3) is 3.23. The Morgan fingerprint density at radius 3 is 2.50 bits per heavy atom. The van der Waals surface area contributed by atoms with Gasteiger partial charge in [-0.05, 0) is 37.0 Å². The first-order valence-corrected chi connectivity index (χ1v) is 7.84. The smallest absolute Gasteiger partial charge is 0.242 e. The van der Waals surface area contributed by atoms with Crippen LogP contribution < -0.4 is 10.5 Å². The van der Waals surface area contributed by atoms with Crippen molar-refractivity contribution < 1.29 is 9.53 Å². The number of benzene rings is 1. The van der Waals surface area contributed by atoms with E-state index in [1.807, 2.05) is 17.0 Å². The number of likely N-dealkylation sites (tertiary alicyclic amines) is 1. The Bertz CT molecular complexity index is 512. The van der Waals surface area contributed by atoms with Crippen molar-refractivity contribution in [1.29, 1.82) is 0 Å². The normalized spacial score (nSPS) is 23.2. The Morgan fingerprint density at radius 2 is 1.91 bits per heavy atom. The number of carbonyl (C=O) groups excluding carboxylic acids is 1. The predicted molar refractivity (Wildman–Crippen MR) is 89.6 cm³/mol. The number of methoxy groups -OCH3 is 1. The van der Waals surface area contributed by atoms with Gasteiger partial charge in [-0.1, -0.05) is 25.0 Å². The van der Waals surface area contributed by atoms with E-state index in [4.69, 9.17) is 10.5 Å². The fourth-order valence-corrected chi connectivity index (χ4v) is 3.63. The zero-order valence-corrected chi connectivity index (χ0v) is 13.9. The lowest BCUT2D eigenvalue weighted by atomic mass is 9.96. The van der Waals surface area contributed by atoms with Crippen molar-refractivity contribution >= 4 is 18.3 Å². The van der Waals surface area contributed by atoms with Gasteiger partial charge in [0.2, 0.25) is 5.91 Å². The van der Waals surface area contributed by atoms with Gasteiger partial charge < -0.3 is 15.4 Å². The van der Waals surface area contributed by atoms with Crippen LogP contribution in [0.5, 0.6) is 5.75 Å². The summed E-state index contributed by atoms with van der Waals surface area (Å²) in [6, 6.07) is 8.18. The Hall–Kier alpha value is -1.26. The number of ether oxygens (including phenoxy) is 1. The zero-order valence-electron chi connectivity index (χ0n) is 13.1. The molecule has 0 spiro atoms. The molecular weight excluding hydrogens is 300 g/mol. The molecule has 2 N–H and O–H groups in total. The second kappa shape index (κ2) is 6.88. The second-order valence-electron chi connectivity index (χ2n) is 6.37. The molecular formula is C17H25ClN2O2. The summed E-state index contributed by atoms with van der Waals surface area (Å²) in [4.78, 5) is 14.6. The molecule has 1 aliphatic carbocycles. The molecule has 0 aromatic heterocycles. The van der Waals surface area contributed by atoms with E-state index in [1.165, 1.54) is 5.56 Å². The van der Waals surface area contributed by atoms with Crippen LogP contribution in [0, 0.1) is 0 Å². The first-order valence-electron chi connectivity index (χ1n) is 7.84. The number of nitrogens with two attached hydrogens (primary N) is 1. The number of carbonyl (C=O) groups is 1. The number of rotatable bonds is 3. The zero-order chi connectivity index (χ0) is 14.9. The van der Waals surface area contributed by atoms with Gasteiger partial charge in [-0.25, -0.2) is 0 Å². The number of halogens is 1. The highest BCUT2D eigenvalue weighted by Crippen LogP contribution is 2.33. The van der Waals surface area contributed by atoms with Crippen molar-refractivity contribution in [3.05, 3.63) is 29.8 Å². The Balaban J connectivity index is 0.00000176. The quantitative estimate of drug-likeness (QED) is 0.930. The molecule has 1 aliphatic heterocycles. The van der Waals surface area contributed by atoms with E-state index in [0.717, 1.165) is 50.9 Å². The average molecular weight is 325 g/mol. The minimum absolute atomic E-state index is 0. The molecule has 1 aromatic rings. The molecule has 2 fully saturated rings. The van der Waals surface area contributed by atoms with Crippen molar-refractivity contribution in [1.82, 2.24) is 4.90 Å². The topological polar surface area (TPSA) is 55.6 Å². The van der Waals surface area contributed by atoms with Crippen LogP contribution in [0.2, 0.25) is 0 Å².